The predicted molar refractivity (Wildman–Crippen MR) is 97.2 cm³/mol. The standard InChI is InChI=1S/C18H23N3O3S/c1-25-14-6-4-5-13(10-14)21-11-12(9-16(21)22)18(24)20-8-3-2-7-15(20)17(19)23/h4-6,10,12,15H,2-3,7-9,11H2,1H3,(H2,19,23)/t12-,15-/m1/s1. The highest BCUT2D eigenvalue weighted by atomic mass is 32.2. The first-order valence-electron chi connectivity index (χ1n) is 8.55. The fraction of sp³-hybridized carbons (Fsp3) is 0.500. The van der Waals surface area contributed by atoms with Crippen LogP contribution < -0.4 is 10.6 Å². The van der Waals surface area contributed by atoms with Crippen LogP contribution in [0.4, 0.5) is 5.69 Å². The van der Waals surface area contributed by atoms with Gasteiger partial charge in [-0.2, -0.15) is 0 Å². The maximum atomic E-state index is 12.9. The molecule has 0 saturated carbocycles. The van der Waals surface area contributed by atoms with E-state index in [-0.39, 0.29) is 18.2 Å². The van der Waals surface area contributed by atoms with Crippen LogP contribution in [0.5, 0.6) is 0 Å². The summed E-state index contributed by atoms with van der Waals surface area (Å²) < 4.78 is 0. The largest absolute Gasteiger partial charge is 0.368 e. The summed E-state index contributed by atoms with van der Waals surface area (Å²) in [4.78, 5) is 41.3. The van der Waals surface area contributed by atoms with Crippen molar-refractivity contribution in [3.05, 3.63) is 24.3 Å². The normalized spacial score (nSPS) is 23.8. The van der Waals surface area contributed by atoms with Gasteiger partial charge in [0.05, 0.1) is 5.92 Å². The molecular formula is C18H23N3O3S. The van der Waals surface area contributed by atoms with Crippen molar-refractivity contribution in [1.82, 2.24) is 4.90 Å². The average Bonchev–Trinajstić information content (AvgIpc) is 3.02. The third kappa shape index (κ3) is 3.66. The Morgan fingerprint density at radius 3 is 2.80 bits per heavy atom. The van der Waals surface area contributed by atoms with Crippen molar-refractivity contribution in [2.24, 2.45) is 11.7 Å². The van der Waals surface area contributed by atoms with E-state index in [0.717, 1.165) is 23.4 Å². The van der Waals surface area contributed by atoms with E-state index in [4.69, 9.17) is 5.73 Å². The van der Waals surface area contributed by atoms with Crippen molar-refractivity contribution < 1.29 is 14.4 Å². The van der Waals surface area contributed by atoms with Gasteiger partial charge in [0.2, 0.25) is 17.7 Å². The second-order valence-electron chi connectivity index (χ2n) is 6.55. The van der Waals surface area contributed by atoms with Gasteiger partial charge in [0, 0.05) is 30.1 Å². The topological polar surface area (TPSA) is 83.7 Å². The van der Waals surface area contributed by atoms with Gasteiger partial charge in [-0.1, -0.05) is 6.07 Å². The lowest BCUT2D eigenvalue weighted by molar-refractivity contribution is -0.144. The summed E-state index contributed by atoms with van der Waals surface area (Å²) >= 11 is 1.61. The lowest BCUT2D eigenvalue weighted by Gasteiger charge is -2.35. The molecule has 1 aromatic rings. The molecular weight excluding hydrogens is 338 g/mol. The summed E-state index contributed by atoms with van der Waals surface area (Å²) in [6, 6.07) is 7.21. The molecule has 2 atom stereocenters. The van der Waals surface area contributed by atoms with E-state index < -0.39 is 17.9 Å². The van der Waals surface area contributed by atoms with Crippen LogP contribution >= 0.6 is 11.8 Å². The minimum absolute atomic E-state index is 0.0516. The molecule has 2 fully saturated rings. The maximum Gasteiger partial charge on any atom is 0.240 e. The summed E-state index contributed by atoms with van der Waals surface area (Å²) in [6.07, 6.45) is 4.55. The molecule has 25 heavy (non-hydrogen) atoms. The number of rotatable bonds is 4. The highest BCUT2D eigenvalue weighted by Crippen LogP contribution is 2.30. The third-order valence-electron chi connectivity index (χ3n) is 4.95. The number of primary amides is 1. The minimum Gasteiger partial charge on any atom is -0.368 e. The van der Waals surface area contributed by atoms with E-state index in [9.17, 15) is 14.4 Å². The molecule has 3 amide bonds. The van der Waals surface area contributed by atoms with Crippen LogP contribution in [0, 0.1) is 5.92 Å². The van der Waals surface area contributed by atoms with Gasteiger partial charge in [-0.3, -0.25) is 14.4 Å². The Balaban J connectivity index is 1.75. The monoisotopic (exact) mass is 361 g/mol. The Morgan fingerprint density at radius 2 is 2.08 bits per heavy atom. The second-order valence-corrected chi connectivity index (χ2v) is 7.43. The zero-order valence-corrected chi connectivity index (χ0v) is 15.1. The number of nitrogens with two attached hydrogens (primary N) is 1. The number of carbonyl (C=O) groups excluding carboxylic acids is 3. The van der Waals surface area contributed by atoms with Crippen molar-refractivity contribution in [1.29, 1.82) is 0 Å². The molecule has 0 aliphatic carbocycles. The number of carbonyl (C=O) groups is 3. The Labute approximate surface area is 151 Å². The number of amides is 3. The average molecular weight is 361 g/mol. The SMILES string of the molecule is CSc1cccc(N2C[C@H](C(=O)N3CCCC[C@@H]3C(N)=O)CC2=O)c1. The number of hydrogen-bond donors (Lipinski definition) is 1. The molecule has 0 unspecified atom stereocenters. The number of anilines is 1. The molecule has 0 spiro atoms. The summed E-state index contributed by atoms with van der Waals surface area (Å²) in [5.41, 5.74) is 6.28. The van der Waals surface area contributed by atoms with Crippen molar-refractivity contribution in [3.8, 4) is 0 Å². The van der Waals surface area contributed by atoms with Crippen LogP contribution in [-0.4, -0.2) is 48.0 Å². The number of benzene rings is 1. The van der Waals surface area contributed by atoms with Crippen LogP contribution in [0.3, 0.4) is 0 Å². The molecule has 2 aliphatic heterocycles. The fourth-order valence-corrected chi connectivity index (χ4v) is 4.08. The lowest BCUT2D eigenvalue weighted by Crippen LogP contribution is -2.52. The van der Waals surface area contributed by atoms with Gasteiger partial charge in [0.15, 0.2) is 0 Å². The van der Waals surface area contributed by atoms with Gasteiger partial charge in [-0.05, 0) is 43.7 Å². The zero-order valence-electron chi connectivity index (χ0n) is 14.3. The van der Waals surface area contributed by atoms with Crippen molar-refractivity contribution in [2.45, 2.75) is 36.6 Å². The molecule has 2 aliphatic rings. The highest BCUT2D eigenvalue weighted by molar-refractivity contribution is 7.98. The molecule has 1 aromatic carbocycles. The van der Waals surface area contributed by atoms with E-state index in [2.05, 4.69) is 0 Å². The number of thioether (sulfide) groups is 1. The van der Waals surface area contributed by atoms with Crippen LogP contribution in [-0.2, 0) is 14.4 Å². The first kappa shape index (κ1) is 17.8. The minimum atomic E-state index is -0.537. The van der Waals surface area contributed by atoms with E-state index in [1.165, 1.54) is 0 Å². The van der Waals surface area contributed by atoms with Crippen LogP contribution in [0.2, 0.25) is 0 Å². The van der Waals surface area contributed by atoms with Crippen molar-refractivity contribution >= 4 is 35.2 Å². The number of likely N-dealkylation sites (tertiary alicyclic amines) is 1. The lowest BCUT2D eigenvalue weighted by atomic mass is 9.98. The Hall–Kier alpha value is -2.02. The van der Waals surface area contributed by atoms with Crippen molar-refractivity contribution in [2.75, 3.05) is 24.2 Å². The van der Waals surface area contributed by atoms with Crippen LogP contribution in [0.25, 0.3) is 0 Å². The second kappa shape index (κ2) is 7.47. The van der Waals surface area contributed by atoms with Gasteiger partial charge < -0.3 is 15.5 Å². The number of hydrogen-bond acceptors (Lipinski definition) is 4. The van der Waals surface area contributed by atoms with Crippen LogP contribution in [0.15, 0.2) is 29.2 Å². The van der Waals surface area contributed by atoms with Crippen LogP contribution in [0.1, 0.15) is 25.7 Å². The molecule has 7 heteroatoms. The summed E-state index contributed by atoms with van der Waals surface area (Å²) in [5.74, 6) is -1.04. The fourth-order valence-electron chi connectivity index (χ4n) is 3.63. The van der Waals surface area contributed by atoms with Gasteiger partial charge in [0.25, 0.3) is 0 Å². The van der Waals surface area contributed by atoms with E-state index in [1.54, 1.807) is 21.6 Å². The van der Waals surface area contributed by atoms with E-state index in [1.807, 2.05) is 30.5 Å². The number of piperidine rings is 1. The zero-order chi connectivity index (χ0) is 18.0. The molecule has 3 rings (SSSR count). The van der Waals surface area contributed by atoms with Gasteiger partial charge in [-0.25, -0.2) is 0 Å². The van der Waals surface area contributed by atoms with E-state index in [0.29, 0.717) is 19.5 Å². The van der Waals surface area contributed by atoms with Gasteiger partial charge >= 0.3 is 0 Å². The quantitative estimate of drug-likeness (QED) is 0.826. The molecule has 0 aromatic heterocycles. The summed E-state index contributed by atoms with van der Waals surface area (Å²) in [7, 11) is 0. The predicted octanol–water partition coefficient (Wildman–Crippen LogP) is 1.63. The third-order valence-corrected chi connectivity index (χ3v) is 5.68. The molecule has 0 bridgehead atoms. The molecule has 134 valence electrons. The Morgan fingerprint density at radius 1 is 1.28 bits per heavy atom. The maximum absolute atomic E-state index is 12.9. The van der Waals surface area contributed by atoms with E-state index >= 15 is 0 Å². The highest BCUT2D eigenvalue weighted by Gasteiger charge is 2.40. The first-order valence-corrected chi connectivity index (χ1v) is 9.78. The number of nitrogens with zero attached hydrogens (tertiary/aromatic N) is 2. The Kier molecular flexibility index (Phi) is 5.32. The summed E-state index contributed by atoms with van der Waals surface area (Å²) in [6.45, 7) is 0.899. The van der Waals surface area contributed by atoms with Gasteiger partial charge in [0.1, 0.15) is 6.04 Å². The molecule has 0 radical (unpaired) electrons. The smallest absolute Gasteiger partial charge is 0.240 e. The molecule has 6 nitrogen and oxygen atoms in total. The van der Waals surface area contributed by atoms with Crippen molar-refractivity contribution in [3.63, 3.8) is 0 Å². The molecule has 2 N–H and O–H groups in total. The molecule has 2 heterocycles. The Bertz CT molecular complexity index is 694. The summed E-state index contributed by atoms with van der Waals surface area (Å²) in [5, 5.41) is 0. The van der Waals surface area contributed by atoms with Gasteiger partial charge in [-0.15, -0.1) is 11.8 Å². The molecule has 2 saturated heterocycles. The first-order chi connectivity index (χ1) is 12.0.